The second-order valence-electron chi connectivity index (χ2n) is 4.07. The van der Waals surface area contributed by atoms with E-state index < -0.39 is 5.97 Å². The van der Waals surface area contributed by atoms with Gasteiger partial charge in [-0.15, -0.1) is 11.3 Å². The number of carboxylic acids is 1. The normalized spacial score (nSPS) is 10.8. The summed E-state index contributed by atoms with van der Waals surface area (Å²) in [5.41, 5.74) is 2.26. The van der Waals surface area contributed by atoms with Crippen LogP contribution < -0.4 is 0 Å². The number of hydrogen-bond acceptors (Lipinski definition) is 6. The average Bonchev–Trinajstić information content (AvgIpc) is 2.82. The van der Waals surface area contributed by atoms with Gasteiger partial charge in [-0.2, -0.15) is 0 Å². The number of rotatable bonds is 3. The summed E-state index contributed by atoms with van der Waals surface area (Å²) in [6.07, 6.45) is 2.89. The van der Waals surface area contributed by atoms with Gasteiger partial charge in [0.15, 0.2) is 0 Å². The first kappa shape index (κ1) is 13.0. The lowest BCUT2D eigenvalue weighted by Crippen LogP contribution is -1.96. The summed E-state index contributed by atoms with van der Waals surface area (Å²) in [7, 11) is 0. The molecule has 3 heterocycles. The molecule has 0 saturated carbocycles. The fourth-order valence-corrected chi connectivity index (χ4v) is 3.57. The van der Waals surface area contributed by atoms with Crippen LogP contribution in [0.2, 0.25) is 0 Å². The van der Waals surface area contributed by atoms with Crippen LogP contribution in [-0.2, 0) is 0 Å². The summed E-state index contributed by atoms with van der Waals surface area (Å²) in [6, 6.07) is 3.22. The molecule has 3 aromatic heterocycles. The lowest BCUT2D eigenvalue weighted by molar-refractivity contribution is 0.0696. The zero-order valence-corrected chi connectivity index (χ0v) is 12.0. The Hall–Kier alpha value is -1.99. The Morgan fingerprint density at radius 3 is 2.85 bits per heavy atom. The zero-order chi connectivity index (χ0) is 14.1. The Bertz CT molecular complexity index is 784. The van der Waals surface area contributed by atoms with E-state index in [9.17, 15) is 4.79 Å². The minimum Gasteiger partial charge on any atom is -0.478 e. The molecule has 0 spiro atoms. The molecule has 3 rings (SSSR count). The first-order chi connectivity index (χ1) is 9.65. The summed E-state index contributed by atoms with van der Waals surface area (Å²) >= 11 is 3.01. The third-order valence-corrected chi connectivity index (χ3v) is 4.86. The van der Waals surface area contributed by atoms with Crippen LogP contribution in [0.5, 0.6) is 0 Å². The van der Waals surface area contributed by atoms with Crippen LogP contribution in [0.15, 0.2) is 40.1 Å². The monoisotopic (exact) mass is 303 g/mol. The maximum atomic E-state index is 10.8. The van der Waals surface area contributed by atoms with Crippen LogP contribution in [0, 0.1) is 6.92 Å². The maximum Gasteiger partial charge on any atom is 0.337 e. The standard InChI is InChI=1S/C13H9N3O2S2/c1-7-5-19-11-10(7)15-6-16-12(11)20-9-3-2-8(4-14-9)13(17)18/h2-6H,1H3,(H,17,18). The number of nitrogens with zero attached hydrogens (tertiary/aromatic N) is 3. The van der Waals surface area contributed by atoms with Crippen LogP contribution in [0.25, 0.3) is 10.2 Å². The number of aromatic nitrogens is 3. The number of pyridine rings is 1. The number of thiophene rings is 1. The number of fused-ring (bicyclic) bond motifs is 1. The van der Waals surface area contributed by atoms with Gasteiger partial charge in [-0.3, -0.25) is 0 Å². The molecular weight excluding hydrogens is 294 g/mol. The number of hydrogen-bond donors (Lipinski definition) is 1. The Labute approximate surface area is 122 Å². The second-order valence-corrected chi connectivity index (χ2v) is 5.96. The minimum atomic E-state index is -0.979. The van der Waals surface area contributed by atoms with Gasteiger partial charge in [-0.05, 0) is 41.8 Å². The molecule has 0 saturated heterocycles. The van der Waals surface area contributed by atoms with E-state index in [1.807, 2.05) is 12.3 Å². The van der Waals surface area contributed by atoms with Gasteiger partial charge in [0.2, 0.25) is 0 Å². The van der Waals surface area contributed by atoms with Crippen molar-refractivity contribution in [3.8, 4) is 0 Å². The lowest BCUT2D eigenvalue weighted by atomic mass is 10.3. The van der Waals surface area contributed by atoms with Crippen LogP contribution in [0.1, 0.15) is 15.9 Å². The average molecular weight is 303 g/mol. The van der Waals surface area contributed by atoms with Gasteiger partial charge < -0.3 is 5.11 Å². The summed E-state index contributed by atoms with van der Waals surface area (Å²) < 4.78 is 1.03. The third-order valence-electron chi connectivity index (χ3n) is 2.68. The van der Waals surface area contributed by atoms with Crippen molar-refractivity contribution >= 4 is 39.3 Å². The largest absolute Gasteiger partial charge is 0.478 e. The molecular formula is C13H9N3O2S2. The van der Waals surface area contributed by atoms with E-state index in [-0.39, 0.29) is 5.56 Å². The summed E-state index contributed by atoms with van der Waals surface area (Å²) in [4.78, 5) is 23.5. The highest BCUT2D eigenvalue weighted by molar-refractivity contribution is 7.99. The van der Waals surface area contributed by atoms with E-state index >= 15 is 0 Å². The van der Waals surface area contributed by atoms with Crippen LogP contribution in [0.4, 0.5) is 0 Å². The lowest BCUT2D eigenvalue weighted by Gasteiger charge is -2.01. The van der Waals surface area contributed by atoms with Gasteiger partial charge in [-0.25, -0.2) is 19.7 Å². The summed E-state index contributed by atoms with van der Waals surface area (Å²) in [5, 5.41) is 12.4. The van der Waals surface area contributed by atoms with Crippen LogP contribution in [0.3, 0.4) is 0 Å². The van der Waals surface area contributed by atoms with Crippen LogP contribution >= 0.6 is 23.1 Å². The van der Waals surface area contributed by atoms with E-state index in [4.69, 9.17) is 5.11 Å². The van der Waals surface area contributed by atoms with Crippen molar-refractivity contribution in [1.82, 2.24) is 15.0 Å². The van der Waals surface area contributed by atoms with Gasteiger partial charge in [0, 0.05) is 6.20 Å². The molecule has 0 amide bonds. The number of carbonyl (C=O) groups is 1. The molecule has 0 aliphatic carbocycles. The molecule has 100 valence electrons. The predicted octanol–water partition coefficient (Wildman–Crippen LogP) is 3.24. The maximum absolute atomic E-state index is 10.8. The smallest absolute Gasteiger partial charge is 0.337 e. The van der Waals surface area contributed by atoms with Crippen molar-refractivity contribution in [2.24, 2.45) is 0 Å². The molecule has 0 aromatic carbocycles. The molecule has 5 nitrogen and oxygen atoms in total. The molecule has 0 aliphatic rings. The fraction of sp³-hybridized carbons (Fsp3) is 0.0769. The predicted molar refractivity (Wildman–Crippen MR) is 77.5 cm³/mol. The first-order valence-electron chi connectivity index (χ1n) is 5.71. The highest BCUT2D eigenvalue weighted by Gasteiger charge is 2.11. The van der Waals surface area contributed by atoms with Crippen LogP contribution in [-0.4, -0.2) is 26.0 Å². The Morgan fingerprint density at radius 1 is 1.30 bits per heavy atom. The molecule has 3 aromatic rings. The van der Waals surface area contributed by atoms with E-state index in [1.54, 1.807) is 17.4 Å². The fourth-order valence-electron chi connectivity index (χ4n) is 1.69. The van der Waals surface area contributed by atoms with Crippen molar-refractivity contribution < 1.29 is 9.90 Å². The molecule has 0 fully saturated rings. The molecule has 7 heteroatoms. The van der Waals surface area contributed by atoms with Crippen molar-refractivity contribution in [3.63, 3.8) is 0 Å². The third kappa shape index (κ3) is 2.37. The molecule has 0 radical (unpaired) electrons. The Kier molecular flexibility index (Phi) is 3.37. The highest BCUT2D eigenvalue weighted by atomic mass is 32.2. The molecule has 20 heavy (non-hydrogen) atoms. The van der Waals surface area contributed by atoms with E-state index in [0.717, 1.165) is 20.8 Å². The molecule has 0 unspecified atom stereocenters. The topological polar surface area (TPSA) is 76.0 Å². The molecule has 1 N–H and O–H groups in total. The van der Waals surface area contributed by atoms with E-state index in [1.165, 1.54) is 30.4 Å². The Balaban J connectivity index is 1.95. The van der Waals surface area contributed by atoms with Crippen molar-refractivity contribution in [2.45, 2.75) is 17.0 Å². The molecule has 0 aliphatic heterocycles. The first-order valence-corrected chi connectivity index (χ1v) is 7.41. The number of aryl methyl sites for hydroxylation is 1. The SMILES string of the molecule is Cc1csc2c(Sc3ccc(C(=O)O)cn3)ncnc12. The number of aromatic carboxylic acids is 1. The second kappa shape index (κ2) is 5.18. The van der Waals surface area contributed by atoms with Crippen molar-refractivity contribution in [1.29, 1.82) is 0 Å². The Morgan fingerprint density at radius 2 is 2.15 bits per heavy atom. The summed E-state index contributed by atoms with van der Waals surface area (Å²) in [5.74, 6) is -0.979. The molecule has 0 bridgehead atoms. The van der Waals surface area contributed by atoms with E-state index in [0.29, 0.717) is 5.03 Å². The van der Waals surface area contributed by atoms with Gasteiger partial charge in [0.05, 0.1) is 15.8 Å². The molecule has 0 atom stereocenters. The minimum absolute atomic E-state index is 0.175. The van der Waals surface area contributed by atoms with Gasteiger partial charge in [0.25, 0.3) is 0 Å². The van der Waals surface area contributed by atoms with Crippen molar-refractivity contribution in [2.75, 3.05) is 0 Å². The van der Waals surface area contributed by atoms with E-state index in [2.05, 4.69) is 15.0 Å². The van der Waals surface area contributed by atoms with Gasteiger partial charge >= 0.3 is 5.97 Å². The van der Waals surface area contributed by atoms with Gasteiger partial charge in [-0.1, -0.05) is 0 Å². The van der Waals surface area contributed by atoms with Crippen molar-refractivity contribution in [3.05, 3.63) is 41.2 Å². The quantitative estimate of drug-likeness (QED) is 0.749. The number of carboxylic acid groups (broad SMARTS) is 1. The zero-order valence-electron chi connectivity index (χ0n) is 10.4. The summed E-state index contributed by atoms with van der Waals surface area (Å²) in [6.45, 7) is 2.01. The van der Waals surface area contributed by atoms with Gasteiger partial charge in [0.1, 0.15) is 16.4 Å². The highest BCUT2D eigenvalue weighted by Crippen LogP contribution is 2.34.